The van der Waals surface area contributed by atoms with Gasteiger partial charge in [-0.25, -0.2) is 4.79 Å². The maximum absolute atomic E-state index is 11.5. The van der Waals surface area contributed by atoms with Gasteiger partial charge in [0.25, 0.3) is 0 Å². The number of benzene rings is 1. The maximum Gasteiger partial charge on any atom is 0.324 e. The van der Waals surface area contributed by atoms with Gasteiger partial charge in [0, 0.05) is 45.5 Å². The lowest BCUT2D eigenvalue weighted by Gasteiger charge is -2.23. The molecular weight excluding hydrogens is 459 g/mol. The Labute approximate surface area is 177 Å². The molecule has 1 aliphatic heterocycles. The molecule has 3 amide bonds. The average Bonchev–Trinajstić information content (AvgIpc) is 2.99. The van der Waals surface area contributed by atoms with Crippen molar-refractivity contribution in [2.45, 2.75) is 13.3 Å². The van der Waals surface area contributed by atoms with Crippen molar-refractivity contribution >= 4 is 47.6 Å². The summed E-state index contributed by atoms with van der Waals surface area (Å²) in [7, 11) is 1.70. The summed E-state index contributed by atoms with van der Waals surface area (Å²) in [6, 6.07) is 10.0. The van der Waals surface area contributed by atoms with Crippen LogP contribution in [0.1, 0.15) is 13.3 Å². The van der Waals surface area contributed by atoms with E-state index in [0.29, 0.717) is 19.0 Å². The molecule has 0 radical (unpaired) electrons. The van der Waals surface area contributed by atoms with E-state index in [-0.39, 0.29) is 42.5 Å². The SMILES string of the molecule is CCN(CCCNC(=NC)NCCN1C(=O)CNC1=O)c1ccccc1.I. The molecule has 1 fully saturated rings. The predicted octanol–water partition coefficient (Wildman–Crippen LogP) is 1.24. The molecule has 150 valence electrons. The Morgan fingerprint density at radius 2 is 1.93 bits per heavy atom. The molecule has 9 heteroatoms. The molecule has 0 atom stereocenters. The highest BCUT2D eigenvalue weighted by atomic mass is 127. The Morgan fingerprint density at radius 1 is 1.22 bits per heavy atom. The second-order valence-corrected chi connectivity index (χ2v) is 5.90. The van der Waals surface area contributed by atoms with E-state index in [1.54, 1.807) is 7.05 Å². The number of hydrogen-bond donors (Lipinski definition) is 3. The molecule has 1 aromatic rings. The Hall–Kier alpha value is -2.04. The number of rotatable bonds is 9. The summed E-state index contributed by atoms with van der Waals surface area (Å²) in [5.41, 5.74) is 1.23. The van der Waals surface area contributed by atoms with Crippen molar-refractivity contribution < 1.29 is 9.59 Å². The number of nitrogens with one attached hydrogen (secondary N) is 3. The molecule has 3 N–H and O–H groups in total. The molecule has 0 aliphatic carbocycles. The number of guanidine groups is 1. The minimum atomic E-state index is -0.333. The zero-order chi connectivity index (χ0) is 18.8. The Bertz CT molecular complexity index is 610. The summed E-state index contributed by atoms with van der Waals surface area (Å²) in [6.07, 6.45) is 0.969. The number of amides is 3. The van der Waals surface area contributed by atoms with Crippen LogP contribution in [0.3, 0.4) is 0 Å². The third-order valence-electron chi connectivity index (χ3n) is 4.19. The van der Waals surface area contributed by atoms with Crippen LogP contribution in [0.25, 0.3) is 0 Å². The van der Waals surface area contributed by atoms with E-state index in [2.05, 4.69) is 44.9 Å². The number of anilines is 1. The van der Waals surface area contributed by atoms with Gasteiger partial charge < -0.3 is 20.9 Å². The molecule has 0 aromatic heterocycles. The lowest BCUT2D eigenvalue weighted by Crippen LogP contribution is -2.43. The summed E-state index contributed by atoms with van der Waals surface area (Å²) < 4.78 is 0. The first-order chi connectivity index (χ1) is 12.7. The quantitative estimate of drug-likeness (QED) is 0.160. The van der Waals surface area contributed by atoms with E-state index in [4.69, 9.17) is 0 Å². The summed E-state index contributed by atoms with van der Waals surface area (Å²) in [5.74, 6) is 0.472. The fourth-order valence-electron chi connectivity index (χ4n) is 2.77. The van der Waals surface area contributed by atoms with Gasteiger partial charge in [-0.15, -0.1) is 24.0 Å². The van der Waals surface area contributed by atoms with Crippen LogP contribution in [0.15, 0.2) is 35.3 Å². The highest BCUT2D eigenvalue weighted by Crippen LogP contribution is 2.12. The summed E-state index contributed by atoms with van der Waals surface area (Å²) in [5, 5.41) is 8.88. The van der Waals surface area contributed by atoms with Crippen LogP contribution in [0.2, 0.25) is 0 Å². The Balaban J connectivity index is 0.00000364. The zero-order valence-corrected chi connectivity index (χ0v) is 18.2. The van der Waals surface area contributed by atoms with Gasteiger partial charge in [0.15, 0.2) is 5.96 Å². The first kappa shape index (κ1) is 23.0. The van der Waals surface area contributed by atoms with Crippen molar-refractivity contribution in [1.82, 2.24) is 20.9 Å². The van der Waals surface area contributed by atoms with Crippen molar-refractivity contribution in [1.29, 1.82) is 0 Å². The Morgan fingerprint density at radius 3 is 2.52 bits per heavy atom. The molecule has 27 heavy (non-hydrogen) atoms. The second kappa shape index (κ2) is 12.4. The molecule has 0 unspecified atom stereocenters. The number of aliphatic imine (C=N–C) groups is 1. The van der Waals surface area contributed by atoms with Crippen molar-refractivity contribution in [2.75, 3.05) is 51.2 Å². The van der Waals surface area contributed by atoms with Crippen molar-refractivity contribution in [3.63, 3.8) is 0 Å². The minimum absolute atomic E-state index is 0. The molecule has 1 heterocycles. The number of carbonyl (C=O) groups is 2. The molecule has 8 nitrogen and oxygen atoms in total. The maximum atomic E-state index is 11.5. The smallest absolute Gasteiger partial charge is 0.324 e. The molecule has 2 rings (SSSR count). The van der Waals surface area contributed by atoms with Gasteiger partial charge in [-0.1, -0.05) is 18.2 Å². The molecular formula is C18H29IN6O2. The van der Waals surface area contributed by atoms with E-state index in [1.165, 1.54) is 10.6 Å². The number of halogens is 1. The van der Waals surface area contributed by atoms with Gasteiger partial charge in [0.2, 0.25) is 5.91 Å². The first-order valence-corrected chi connectivity index (χ1v) is 8.98. The van der Waals surface area contributed by atoms with Crippen LogP contribution in [0.4, 0.5) is 10.5 Å². The number of imide groups is 1. The molecule has 0 spiro atoms. The number of nitrogens with zero attached hydrogens (tertiary/aromatic N) is 3. The van der Waals surface area contributed by atoms with E-state index in [0.717, 1.165) is 26.1 Å². The van der Waals surface area contributed by atoms with Gasteiger partial charge in [0.1, 0.15) is 0 Å². The predicted molar refractivity (Wildman–Crippen MR) is 119 cm³/mol. The lowest BCUT2D eigenvalue weighted by atomic mass is 10.2. The van der Waals surface area contributed by atoms with E-state index >= 15 is 0 Å². The van der Waals surface area contributed by atoms with Gasteiger partial charge in [-0.3, -0.25) is 14.7 Å². The average molecular weight is 488 g/mol. The van der Waals surface area contributed by atoms with Crippen LogP contribution in [-0.2, 0) is 4.79 Å². The fourth-order valence-corrected chi connectivity index (χ4v) is 2.77. The van der Waals surface area contributed by atoms with Gasteiger partial charge in [-0.05, 0) is 25.5 Å². The molecule has 1 saturated heterocycles. The molecule has 0 bridgehead atoms. The molecule has 1 aliphatic rings. The van der Waals surface area contributed by atoms with Gasteiger partial charge in [-0.2, -0.15) is 0 Å². The van der Waals surface area contributed by atoms with E-state index in [9.17, 15) is 9.59 Å². The first-order valence-electron chi connectivity index (χ1n) is 8.98. The van der Waals surface area contributed by atoms with E-state index in [1.807, 2.05) is 18.2 Å². The Kier molecular flexibility index (Phi) is 10.5. The fraction of sp³-hybridized carbons (Fsp3) is 0.500. The number of urea groups is 1. The monoisotopic (exact) mass is 488 g/mol. The molecule has 1 aromatic carbocycles. The zero-order valence-electron chi connectivity index (χ0n) is 15.9. The third kappa shape index (κ3) is 7.24. The number of para-hydroxylation sites is 1. The van der Waals surface area contributed by atoms with Crippen LogP contribution in [-0.4, -0.2) is 69.1 Å². The summed E-state index contributed by atoms with van der Waals surface area (Å²) in [4.78, 5) is 30.7. The van der Waals surface area contributed by atoms with Gasteiger partial charge in [0.05, 0.1) is 6.54 Å². The van der Waals surface area contributed by atoms with Crippen LogP contribution in [0.5, 0.6) is 0 Å². The topological polar surface area (TPSA) is 89.1 Å². The standard InChI is InChI=1S/C18H28N6O2.HI/c1-3-23(15-8-5-4-6-9-15)12-7-10-20-17(19-2)21-11-13-24-16(25)14-22-18(24)26;/h4-6,8-9H,3,7,10-14H2,1-2H3,(H,22,26)(H2,19,20,21);1H. The van der Waals surface area contributed by atoms with Crippen molar-refractivity contribution in [3.05, 3.63) is 30.3 Å². The van der Waals surface area contributed by atoms with Crippen LogP contribution < -0.4 is 20.9 Å². The lowest BCUT2D eigenvalue weighted by molar-refractivity contribution is -0.124. The third-order valence-corrected chi connectivity index (χ3v) is 4.19. The number of hydrogen-bond acceptors (Lipinski definition) is 4. The van der Waals surface area contributed by atoms with Crippen molar-refractivity contribution in [3.8, 4) is 0 Å². The normalized spacial score (nSPS) is 13.9. The largest absolute Gasteiger partial charge is 0.372 e. The van der Waals surface area contributed by atoms with Gasteiger partial charge >= 0.3 is 6.03 Å². The number of carbonyl (C=O) groups excluding carboxylic acids is 2. The summed E-state index contributed by atoms with van der Waals surface area (Å²) in [6.45, 7) is 5.72. The highest BCUT2D eigenvalue weighted by molar-refractivity contribution is 14.0. The second-order valence-electron chi connectivity index (χ2n) is 5.90. The van der Waals surface area contributed by atoms with Crippen LogP contribution >= 0.6 is 24.0 Å². The van der Waals surface area contributed by atoms with E-state index < -0.39 is 0 Å². The minimum Gasteiger partial charge on any atom is -0.372 e. The highest BCUT2D eigenvalue weighted by Gasteiger charge is 2.27. The molecule has 0 saturated carbocycles. The van der Waals surface area contributed by atoms with Crippen LogP contribution in [0, 0.1) is 0 Å². The van der Waals surface area contributed by atoms with Crippen molar-refractivity contribution in [2.24, 2.45) is 4.99 Å². The summed E-state index contributed by atoms with van der Waals surface area (Å²) >= 11 is 0.